The summed E-state index contributed by atoms with van der Waals surface area (Å²) in [6.45, 7) is 0. The van der Waals surface area contributed by atoms with Crippen molar-refractivity contribution in [2.45, 2.75) is 12.6 Å². The number of thiocarbonyl (C=S) groups is 1. The minimum atomic E-state index is -4.37. The van der Waals surface area contributed by atoms with Gasteiger partial charge in [-0.2, -0.15) is 13.2 Å². The van der Waals surface area contributed by atoms with Gasteiger partial charge in [0, 0.05) is 0 Å². The molecule has 0 aromatic heterocycles. The maximum atomic E-state index is 12.8. The van der Waals surface area contributed by atoms with E-state index in [4.69, 9.17) is 24.8 Å². The lowest BCUT2D eigenvalue weighted by molar-refractivity contribution is -0.137. The number of rotatable bonds is 3. The molecule has 2 aromatic carbocycles. The Bertz CT molecular complexity index is 619. The summed E-state index contributed by atoms with van der Waals surface area (Å²) in [4.78, 5) is 0. The highest BCUT2D eigenvalue weighted by molar-refractivity contribution is 8.01. The molecule has 0 heterocycles. The van der Waals surface area contributed by atoms with Crippen molar-refractivity contribution in [3.05, 3.63) is 70.8 Å². The number of halogens is 3. The molecule has 0 aliphatic heterocycles. The predicted molar refractivity (Wildman–Crippen MR) is 79.8 cm³/mol. The Morgan fingerprint density at radius 1 is 1.05 bits per heavy atom. The molecule has 0 aliphatic rings. The molecule has 0 saturated carbocycles. The zero-order valence-electron chi connectivity index (χ0n) is 10.3. The molecule has 2 aromatic rings. The van der Waals surface area contributed by atoms with Crippen LogP contribution < -0.4 is 0 Å². The van der Waals surface area contributed by atoms with Crippen LogP contribution in [0.3, 0.4) is 0 Å². The Kier molecular flexibility index (Phi) is 4.40. The normalized spacial score (nSPS) is 11.3. The molecule has 0 unspecified atom stereocenters. The molecule has 0 N–H and O–H groups in total. The Balaban J connectivity index is 2.45. The molecule has 20 heavy (non-hydrogen) atoms. The van der Waals surface area contributed by atoms with Gasteiger partial charge in [-0.25, -0.2) is 0 Å². The summed E-state index contributed by atoms with van der Waals surface area (Å²) < 4.78 is 38.5. The van der Waals surface area contributed by atoms with Crippen molar-refractivity contribution >= 4 is 29.0 Å². The highest BCUT2D eigenvalue weighted by Gasteiger charge is 2.30. The first-order chi connectivity index (χ1) is 9.38. The van der Waals surface area contributed by atoms with E-state index < -0.39 is 11.7 Å². The van der Waals surface area contributed by atoms with Crippen LogP contribution in [-0.4, -0.2) is 4.20 Å². The van der Waals surface area contributed by atoms with Crippen molar-refractivity contribution in [1.82, 2.24) is 0 Å². The fourth-order valence-electron chi connectivity index (χ4n) is 1.93. The molecule has 0 radical (unpaired) electrons. The molecular weight excluding hydrogens is 301 g/mol. The lowest BCUT2D eigenvalue weighted by atomic mass is 9.98. The fourth-order valence-corrected chi connectivity index (χ4v) is 2.33. The highest BCUT2D eigenvalue weighted by Crippen LogP contribution is 2.31. The van der Waals surface area contributed by atoms with E-state index in [0.717, 1.165) is 17.7 Å². The van der Waals surface area contributed by atoms with Crippen LogP contribution in [0.15, 0.2) is 48.5 Å². The van der Waals surface area contributed by atoms with Gasteiger partial charge in [0.1, 0.15) is 0 Å². The predicted octanol–water partition coefficient (Wildman–Crippen LogP) is 4.52. The lowest BCUT2D eigenvalue weighted by Crippen LogP contribution is -2.08. The van der Waals surface area contributed by atoms with Crippen LogP contribution >= 0.6 is 12.2 Å². The van der Waals surface area contributed by atoms with Crippen molar-refractivity contribution in [3.8, 4) is 0 Å². The van der Waals surface area contributed by atoms with Gasteiger partial charge in [0.25, 0.3) is 0 Å². The standard InChI is InChI=1S/C15H11F3S2/c16-15(17,18)12-6-7-13(14(19)20)11(9-12)8-10-4-2-1-3-5-10/h1-7,9H,8H2,(H,19,20)/p-1. The summed E-state index contributed by atoms with van der Waals surface area (Å²) in [5, 5.41) is 0. The van der Waals surface area contributed by atoms with E-state index in [1.807, 2.05) is 30.3 Å². The van der Waals surface area contributed by atoms with E-state index in [9.17, 15) is 13.2 Å². The van der Waals surface area contributed by atoms with Crippen LogP contribution in [0.25, 0.3) is 0 Å². The van der Waals surface area contributed by atoms with Crippen LogP contribution in [0.4, 0.5) is 13.2 Å². The molecule has 0 amide bonds. The van der Waals surface area contributed by atoms with Gasteiger partial charge in [-0.05, 0) is 35.2 Å². The van der Waals surface area contributed by atoms with Gasteiger partial charge in [-0.3, -0.25) is 0 Å². The van der Waals surface area contributed by atoms with E-state index in [0.29, 0.717) is 17.5 Å². The van der Waals surface area contributed by atoms with Crippen LogP contribution in [0.2, 0.25) is 0 Å². The molecule has 0 bridgehead atoms. The molecule has 5 heteroatoms. The first-order valence-electron chi connectivity index (χ1n) is 5.83. The Labute approximate surface area is 126 Å². The molecule has 0 fully saturated rings. The first-order valence-corrected chi connectivity index (χ1v) is 6.65. The van der Waals surface area contributed by atoms with E-state index in [2.05, 4.69) is 0 Å². The van der Waals surface area contributed by atoms with E-state index in [1.54, 1.807) is 0 Å². The molecule has 0 atom stereocenters. The third kappa shape index (κ3) is 3.55. The quantitative estimate of drug-likeness (QED) is 0.604. The molecular formula is C15H10F3S2-. The Morgan fingerprint density at radius 3 is 2.25 bits per heavy atom. The summed E-state index contributed by atoms with van der Waals surface area (Å²) in [6, 6.07) is 12.8. The van der Waals surface area contributed by atoms with Crippen molar-refractivity contribution < 1.29 is 13.2 Å². The van der Waals surface area contributed by atoms with E-state index in [1.165, 1.54) is 6.07 Å². The smallest absolute Gasteiger partial charge is 0.416 e. The van der Waals surface area contributed by atoms with Gasteiger partial charge in [0.2, 0.25) is 0 Å². The number of alkyl halides is 3. The summed E-state index contributed by atoms with van der Waals surface area (Å²) in [5.41, 5.74) is 1.26. The molecule has 104 valence electrons. The van der Waals surface area contributed by atoms with Crippen molar-refractivity contribution in [1.29, 1.82) is 0 Å². The molecule has 0 aliphatic carbocycles. The maximum Gasteiger partial charge on any atom is 0.416 e. The van der Waals surface area contributed by atoms with Gasteiger partial charge in [-0.1, -0.05) is 36.4 Å². The largest absolute Gasteiger partial charge is 0.428 e. The molecule has 0 saturated heterocycles. The topological polar surface area (TPSA) is 0 Å². The summed E-state index contributed by atoms with van der Waals surface area (Å²) in [7, 11) is 0. The second kappa shape index (κ2) is 5.89. The minimum absolute atomic E-state index is 0.185. The zero-order chi connectivity index (χ0) is 14.8. The molecule has 2 rings (SSSR count). The lowest BCUT2D eigenvalue weighted by Gasteiger charge is -2.16. The third-order valence-electron chi connectivity index (χ3n) is 2.89. The van der Waals surface area contributed by atoms with Crippen LogP contribution in [0, 0.1) is 0 Å². The van der Waals surface area contributed by atoms with Crippen LogP contribution in [0.1, 0.15) is 22.3 Å². The summed E-state index contributed by atoms with van der Waals surface area (Å²) >= 11 is 9.87. The van der Waals surface area contributed by atoms with Crippen molar-refractivity contribution in [3.63, 3.8) is 0 Å². The number of hydrogen-bond acceptors (Lipinski definition) is 2. The van der Waals surface area contributed by atoms with Crippen molar-refractivity contribution in [2.75, 3.05) is 0 Å². The Morgan fingerprint density at radius 2 is 1.70 bits per heavy atom. The van der Waals surface area contributed by atoms with Gasteiger partial charge >= 0.3 is 6.18 Å². The zero-order valence-corrected chi connectivity index (χ0v) is 11.9. The average Bonchev–Trinajstić information content (AvgIpc) is 2.38. The SMILES string of the molecule is FC(F)(F)c1ccc(C(=S)[S-])c(Cc2ccccc2)c1. The van der Waals surface area contributed by atoms with Gasteiger partial charge in [0.15, 0.2) is 0 Å². The maximum absolute atomic E-state index is 12.8. The monoisotopic (exact) mass is 311 g/mol. The number of benzene rings is 2. The highest BCUT2D eigenvalue weighted by atomic mass is 32.1. The van der Waals surface area contributed by atoms with E-state index in [-0.39, 0.29) is 4.20 Å². The first kappa shape index (κ1) is 14.9. The second-order valence-corrected chi connectivity index (χ2v) is 5.39. The van der Waals surface area contributed by atoms with Gasteiger partial charge < -0.3 is 24.8 Å². The van der Waals surface area contributed by atoms with Crippen LogP contribution in [0.5, 0.6) is 0 Å². The van der Waals surface area contributed by atoms with Gasteiger partial charge in [0.05, 0.1) is 5.56 Å². The number of hydrogen-bond donors (Lipinski definition) is 0. The van der Waals surface area contributed by atoms with Gasteiger partial charge in [-0.15, -0.1) is 4.20 Å². The molecule has 0 spiro atoms. The second-order valence-electron chi connectivity index (χ2n) is 4.32. The van der Waals surface area contributed by atoms with Crippen LogP contribution in [-0.2, 0) is 25.2 Å². The minimum Gasteiger partial charge on any atom is -0.428 e. The summed E-state index contributed by atoms with van der Waals surface area (Å²) in [6.07, 6.45) is -4.00. The fraction of sp³-hybridized carbons (Fsp3) is 0.133. The molecule has 0 nitrogen and oxygen atoms in total. The third-order valence-corrected chi connectivity index (χ3v) is 3.33. The summed E-state index contributed by atoms with van der Waals surface area (Å²) in [5.74, 6) is 0. The average molecular weight is 311 g/mol. The van der Waals surface area contributed by atoms with E-state index >= 15 is 0 Å². The van der Waals surface area contributed by atoms with Crippen molar-refractivity contribution in [2.24, 2.45) is 0 Å². The Hall–Kier alpha value is -1.46.